The topological polar surface area (TPSA) is 58.4 Å². The summed E-state index contributed by atoms with van der Waals surface area (Å²) in [5.74, 6) is 0. The SMILES string of the molecule is Cc1cc(C)c(S(=O)(=O)N2CCN(Cc3cnn(-c4ccccc4)c3)CC2)c(C)c1. The Kier molecular flexibility index (Phi) is 5.77. The Labute approximate surface area is 178 Å². The van der Waals surface area contributed by atoms with Crippen LogP contribution in [0.2, 0.25) is 0 Å². The molecule has 1 aliphatic rings. The van der Waals surface area contributed by atoms with E-state index in [-0.39, 0.29) is 0 Å². The molecule has 158 valence electrons. The summed E-state index contributed by atoms with van der Waals surface area (Å²) in [6.07, 6.45) is 3.92. The van der Waals surface area contributed by atoms with Crippen molar-refractivity contribution >= 4 is 10.0 Å². The summed E-state index contributed by atoms with van der Waals surface area (Å²) in [6, 6.07) is 13.9. The number of nitrogens with zero attached hydrogens (tertiary/aromatic N) is 4. The molecule has 6 nitrogen and oxygen atoms in total. The zero-order valence-corrected chi connectivity index (χ0v) is 18.6. The number of aromatic nitrogens is 2. The highest BCUT2D eigenvalue weighted by Gasteiger charge is 2.31. The molecule has 1 saturated heterocycles. The summed E-state index contributed by atoms with van der Waals surface area (Å²) in [5, 5.41) is 4.46. The van der Waals surface area contributed by atoms with Crippen LogP contribution in [0.4, 0.5) is 0 Å². The summed E-state index contributed by atoms with van der Waals surface area (Å²) in [6.45, 7) is 8.95. The number of piperazine rings is 1. The van der Waals surface area contributed by atoms with Crippen LogP contribution in [-0.2, 0) is 16.6 Å². The van der Waals surface area contributed by atoms with Crippen LogP contribution in [0.3, 0.4) is 0 Å². The Morgan fingerprint density at radius 3 is 2.20 bits per heavy atom. The van der Waals surface area contributed by atoms with Crippen LogP contribution in [0.25, 0.3) is 5.69 Å². The Balaban J connectivity index is 1.41. The third kappa shape index (κ3) is 4.19. The molecule has 0 radical (unpaired) electrons. The van der Waals surface area contributed by atoms with Gasteiger partial charge in [-0.3, -0.25) is 4.90 Å². The van der Waals surface area contributed by atoms with Crippen LogP contribution in [0.5, 0.6) is 0 Å². The number of para-hydroxylation sites is 1. The minimum absolute atomic E-state index is 0.464. The largest absolute Gasteiger partial charge is 0.296 e. The Morgan fingerprint density at radius 2 is 1.57 bits per heavy atom. The van der Waals surface area contributed by atoms with Crippen molar-refractivity contribution in [2.24, 2.45) is 0 Å². The molecule has 1 aromatic heterocycles. The van der Waals surface area contributed by atoms with Gasteiger partial charge in [-0.2, -0.15) is 9.40 Å². The summed E-state index contributed by atoms with van der Waals surface area (Å²) in [4.78, 5) is 2.75. The Bertz CT molecular complexity index is 1110. The molecule has 0 atom stereocenters. The number of aryl methyl sites for hydroxylation is 3. The van der Waals surface area contributed by atoms with Crippen molar-refractivity contribution in [1.82, 2.24) is 19.0 Å². The first-order valence-electron chi connectivity index (χ1n) is 10.2. The van der Waals surface area contributed by atoms with E-state index in [4.69, 9.17) is 0 Å². The molecule has 30 heavy (non-hydrogen) atoms. The molecule has 0 aliphatic carbocycles. The molecule has 2 heterocycles. The van der Waals surface area contributed by atoms with E-state index in [0.29, 0.717) is 31.1 Å². The van der Waals surface area contributed by atoms with E-state index >= 15 is 0 Å². The minimum Gasteiger partial charge on any atom is -0.296 e. The van der Waals surface area contributed by atoms with Gasteiger partial charge in [-0.15, -0.1) is 0 Å². The van der Waals surface area contributed by atoms with Crippen LogP contribution in [0, 0.1) is 20.8 Å². The smallest absolute Gasteiger partial charge is 0.243 e. The molecule has 3 aromatic rings. The summed E-state index contributed by atoms with van der Waals surface area (Å²) < 4.78 is 30.0. The van der Waals surface area contributed by atoms with E-state index in [2.05, 4.69) is 10.00 Å². The lowest BCUT2D eigenvalue weighted by Gasteiger charge is -2.34. The van der Waals surface area contributed by atoms with Gasteiger partial charge in [0.25, 0.3) is 0 Å². The standard InChI is InChI=1S/C23H28N4O2S/c1-18-13-19(2)23(20(3)14-18)30(28,29)26-11-9-25(10-12-26)16-21-15-24-27(17-21)22-7-5-4-6-8-22/h4-8,13-15,17H,9-12,16H2,1-3H3. The normalized spacial score (nSPS) is 16.1. The van der Waals surface area contributed by atoms with Crippen molar-refractivity contribution in [1.29, 1.82) is 0 Å². The van der Waals surface area contributed by atoms with Gasteiger partial charge >= 0.3 is 0 Å². The van der Waals surface area contributed by atoms with Gasteiger partial charge in [-0.25, -0.2) is 13.1 Å². The number of sulfonamides is 1. The van der Waals surface area contributed by atoms with Crippen molar-refractivity contribution in [3.8, 4) is 5.69 Å². The lowest BCUT2D eigenvalue weighted by atomic mass is 10.1. The molecule has 0 bridgehead atoms. The Morgan fingerprint density at radius 1 is 0.933 bits per heavy atom. The Hall–Kier alpha value is -2.48. The van der Waals surface area contributed by atoms with Crippen molar-refractivity contribution in [2.45, 2.75) is 32.2 Å². The number of hydrogen-bond acceptors (Lipinski definition) is 4. The summed E-state index contributed by atoms with van der Waals surface area (Å²) >= 11 is 0. The molecule has 2 aromatic carbocycles. The monoisotopic (exact) mass is 424 g/mol. The molecule has 0 amide bonds. The lowest BCUT2D eigenvalue weighted by Crippen LogP contribution is -2.48. The average Bonchev–Trinajstić information content (AvgIpc) is 3.16. The minimum atomic E-state index is -3.48. The highest BCUT2D eigenvalue weighted by Crippen LogP contribution is 2.26. The van der Waals surface area contributed by atoms with Gasteiger partial charge < -0.3 is 0 Å². The van der Waals surface area contributed by atoms with Crippen LogP contribution in [0.1, 0.15) is 22.3 Å². The molecule has 7 heteroatoms. The second-order valence-electron chi connectivity index (χ2n) is 8.04. The van der Waals surface area contributed by atoms with E-state index in [1.54, 1.807) is 4.31 Å². The summed E-state index contributed by atoms with van der Waals surface area (Å²) in [5.41, 5.74) is 4.89. The molecule has 1 fully saturated rings. The van der Waals surface area contributed by atoms with Gasteiger partial charge in [-0.05, 0) is 44.0 Å². The second-order valence-corrected chi connectivity index (χ2v) is 9.91. The van der Waals surface area contributed by atoms with Crippen molar-refractivity contribution < 1.29 is 8.42 Å². The van der Waals surface area contributed by atoms with Crippen LogP contribution < -0.4 is 0 Å². The van der Waals surface area contributed by atoms with Crippen molar-refractivity contribution in [2.75, 3.05) is 26.2 Å². The van der Waals surface area contributed by atoms with Crippen LogP contribution >= 0.6 is 0 Å². The molecular formula is C23H28N4O2S. The maximum Gasteiger partial charge on any atom is 0.243 e. The van der Waals surface area contributed by atoms with E-state index in [0.717, 1.165) is 34.5 Å². The lowest BCUT2D eigenvalue weighted by molar-refractivity contribution is 0.181. The number of rotatable bonds is 5. The van der Waals surface area contributed by atoms with Gasteiger partial charge in [-0.1, -0.05) is 35.9 Å². The quantitative estimate of drug-likeness (QED) is 0.631. The third-order valence-electron chi connectivity index (χ3n) is 5.60. The second kappa shape index (κ2) is 8.34. The maximum atomic E-state index is 13.3. The average molecular weight is 425 g/mol. The third-order valence-corrected chi connectivity index (χ3v) is 7.80. The fourth-order valence-electron chi connectivity index (χ4n) is 4.25. The first kappa shape index (κ1) is 20.8. The van der Waals surface area contributed by atoms with Gasteiger partial charge in [0.1, 0.15) is 0 Å². The first-order chi connectivity index (χ1) is 14.3. The number of benzene rings is 2. The molecule has 0 saturated carbocycles. The zero-order chi connectivity index (χ0) is 21.3. The first-order valence-corrected chi connectivity index (χ1v) is 11.7. The fraction of sp³-hybridized carbons (Fsp3) is 0.348. The summed E-state index contributed by atoms with van der Waals surface area (Å²) in [7, 11) is -3.48. The predicted molar refractivity (Wildman–Crippen MR) is 118 cm³/mol. The van der Waals surface area contributed by atoms with Crippen molar-refractivity contribution in [3.05, 3.63) is 77.1 Å². The van der Waals surface area contributed by atoms with Gasteiger partial charge in [0, 0.05) is 44.5 Å². The maximum absolute atomic E-state index is 13.3. The molecular weight excluding hydrogens is 396 g/mol. The predicted octanol–water partition coefficient (Wildman–Crippen LogP) is 3.30. The molecule has 0 N–H and O–H groups in total. The molecule has 0 spiro atoms. The number of hydrogen-bond donors (Lipinski definition) is 0. The highest BCUT2D eigenvalue weighted by molar-refractivity contribution is 7.89. The van der Waals surface area contributed by atoms with E-state index in [9.17, 15) is 8.42 Å². The van der Waals surface area contributed by atoms with Gasteiger partial charge in [0.05, 0.1) is 16.8 Å². The van der Waals surface area contributed by atoms with Gasteiger partial charge in [0.15, 0.2) is 0 Å². The van der Waals surface area contributed by atoms with E-state index in [1.165, 1.54) is 0 Å². The van der Waals surface area contributed by atoms with E-state index < -0.39 is 10.0 Å². The highest BCUT2D eigenvalue weighted by atomic mass is 32.2. The molecule has 0 unspecified atom stereocenters. The molecule has 4 rings (SSSR count). The van der Waals surface area contributed by atoms with Crippen LogP contribution in [-0.4, -0.2) is 53.6 Å². The van der Waals surface area contributed by atoms with Crippen molar-refractivity contribution in [3.63, 3.8) is 0 Å². The van der Waals surface area contributed by atoms with E-state index in [1.807, 2.05) is 80.3 Å². The van der Waals surface area contributed by atoms with Gasteiger partial charge in [0.2, 0.25) is 10.0 Å². The zero-order valence-electron chi connectivity index (χ0n) is 17.7. The van der Waals surface area contributed by atoms with Crippen LogP contribution in [0.15, 0.2) is 59.8 Å². The fourth-order valence-corrected chi connectivity index (χ4v) is 6.09. The molecule has 1 aliphatic heterocycles.